The van der Waals surface area contributed by atoms with Gasteiger partial charge in [0, 0.05) is 31.7 Å². The minimum Gasteiger partial charge on any atom is -0.339 e. The first-order valence-corrected chi connectivity index (χ1v) is 8.42. The molecule has 25 heavy (non-hydrogen) atoms. The monoisotopic (exact) mass is 340 g/mol. The molecule has 1 aliphatic rings. The van der Waals surface area contributed by atoms with Gasteiger partial charge in [0.05, 0.1) is 6.42 Å². The van der Waals surface area contributed by atoms with E-state index in [-0.39, 0.29) is 24.1 Å². The van der Waals surface area contributed by atoms with Gasteiger partial charge in [-0.3, -0.25) is 9.59 Å². The Bertz CT molecular complexity index is 766. The van der Waals surface area contributed by atoms with E-state index in [9.17, 15) is 14.0 Å². The predicted octanol–water partition coefficient (Wildman–Crippen LogP) is 2.66. The van der Waals surface area contributed by atoms with E-state index in [1.165, 1.54) is 6.07 Å². The van der Waals surface area contributed by atoms with Crippen LogP contribution in [0.4, 0.5) is 4.39 Å². The molecule has 0 saturated carbocycles. The average molecular weight is 340 g/mol. The van der Waals surface area contributed by atoms with E-state index in [1.54, 1.807) is 28.0 Å². The summed E-state index contributed by atoms with van der Waals surface area (Å²) in [5.41, 5.74) is 2.18. The van der Waals surface area contributed by atoms with Crippen molar-refractivity contribution in [2.75, 3.05) is 26.2 Å². The maximum Gasteiger partial charge on any atom is 0.253 e. The second-order valence-corrected chi connectivity index (χ2v) is 6.31. The van der Waals surface area contributed by atoms with Gasteiger partial charge in [0.1, 0.15) is 5.82 Å². The summed E-state index contributed by atoms with van der Waals surface area (Å²) in [7, 11) is 0. The molecule has 2 aromatic carbocycles. The van der Waals surface area contributed by atoms with E-state index in [0.717, 1.165) is 5.56 Å². The van der Waals surface area contributed by atoms with E-state index in [4.69, 9.17) is 0 Å². The standard InChI is InChI=1S/C20H21FN2O2/c1-15-6-8-16(9-7-15)20(25)23-12-10-22(11-13-23)19(24)14-17-4-2-3-5-18(17)21/h2-9H,10-14H2,1H3. The summed E-state index contributed by atoms with van der Waals surface area (Å²) in [6.45, 7) is 3.93. The van der Waals surface area contributed by atoms with Crippen LogP contribution >= 0.6 is 0 Å². The molecular formula is C20H21FN2O2. The Morgan fingerprint density at radius 2 is 1.52 bits per heavy atom. The lowest BCUT2D eigenvalue weighted by Crippen LogP contribution is -2.51. The second kappa shape index (κ2) is 7.47. The number of aryl methyl sites for hydroxylation is 1. The van der Waals surface area contributed by atoms with Gasteiger partial charge in [-0.2, -0.15) is 0 Å². The average Bonchev–Trinajstić information content (AvgIpc) is 2.64. The molecule has 130 valence electrons. The van der Waals surface area contributed by atoms with Crippen LogP contribution in [0.2, 0.25) is 0 Å². The molecule has 1 aliphatic heterocycles. The number of halogens is 1. The molecule has 2 aromatic rings. The number of piperazine rings is 1. The van der Waals surface area contributed by atoms with Crippen molar-refractivity contribution in [3.8, 4) is 0 Å². The van der Waals surface area contributed by atoms with Gasteiger partial charge in [-0.1, -0.05) is 35.9 Å². The molecule has 1 fully saturated rings. The molecule has 0 bridgehead atoms. The molecule has 0 unspecified atom stereocenters. The number of benzene rings is 2. The van der Waals surface area contributed by atoms with Crippen molar-refractivity contribution < 1.29 is 14.0 Å². The topological polar surface area (TPSA) is 40.6 Å². The summed E-state index contributed by atoms with van der Waals surface area (Å²) in [6.07, 6.45) is 0.0541. The zero-order valence-electron chi connectivity index (χ0n) is 14.2. The van der Waals surface area contributed by atoms with Gasteiger partial charge in [-0.05, 0) is 30.7 Å². The smallest absolute Gasteiger partial charge is 0.253 e. The number of carbonyl (C=O) groups is 2. The number of hydrogen-bond donors (Lipinski definition) is 0. The Morgan fingerprint density at radius 3 is 2.16 bits per heavy atom. The highest BCUT2D eigenvalue weighted by molar-refractivity contribution is 5.94. The lowest BCUT2D eigenvalue weighted by Gasteiger charge is -2.35. The van der Waals surface area contributed by atoms with Crippen molar-refractivity contribution in [2.45, 2.75) is 13.3 Å². The van der Waals surface area contributed by atoms with Crippen molar-refractivity contribution in [1.29, 1.82) is 0 Å². The predicted molar refractivity (Wildman–Crippen MR) is 93.8 cm³/mol. The Morgan fingerprint density at radius 1 is 0.920 bits per heavy atom. The third-order valence-corrected chi connectivity index (χ3v) is 4.52. The van der Waals surface area contributed by atoms with Crippen LogP contribution in [0.3, 0.4) is 0 Å². The lowest BCUT2D eigenvalue weighted by atomic mass is 10.1. The molecule has 1 heterocycles. The summed E-state index contributed by atoms with van der Waals surface area (Å²) in [4.78, 5) is 28.3. The molecule has 0 N–H and O–H groups in total. The quantitative estimate of drug-likeness (QED) is 0.862. The van der Waals surface area contributed by atoms with E-state index in [2.05, 4.69) is 0 Å². The molecule has 1 saturated heterocycles. The SMILES string of the molecule is Cc1ccc(C(=O)N2CCN(C(=O)Cc3ccccc3F)CC2)cc1. The summed E-state index contributed by atoms with van der Waals surface area (Å²) in [5.74, 6) is -0.474. The number of rotatable bonds is 3. The summed E-state index contributed by atoms with van der Waals surface area (Å²) < 4.78 is 13.7. The molecule has 2 amide bonds. The van der Waals surface area contributed by atoms with Gasteiger partial charge in [0.2, 0.25) is 5.91 Å². The fraction of sp³-hybridized carbons (Fsp3) is 0.300. The Hall–Kier alpha value is -2.69. The van der Waals surface area contributed by atoms with E-state index >= 15 is 0 Å². The van der Waals surface area contributed by atoms with Gasteiger partial charge in [-0.25, -0.2) is 4.39 Å². The van der Waals surface area contributed by atoms with Crippen molar-refractivity contribution in [3.63, 3.8) is 0 Å². The molecule has 4 nitrogen and oxygen atoms in total. The highest BCUT2D eigenvalue weighted by Crippen LogP contribution is 2.13. The third kappa shape index (κ3) is 4.05. The van der Waals surface area contributed by atoms with E-state index in [1.807, 2.05) is 31.2 Å². The number of nitrogens with zero attached hydrogens (tertiary/aromatic N) is 2. The molecule has 0 spiro atoms. The van der Waals surface area contributed by atoms with Crippen molar-refractivity contribution in [1.82, 2.24) is 9.80 Å². The Kier molecular flexibility index (Phi) is 5.12. The maximum atomic E-state index is 13.7. The van der Waals surface area contributed by atoms with Gasteiger partial charge < -0.3 is 9.80 Å². The normalized spacial score (nSPS) is 14.5. The second-order valence-electron chi connectivity index (χ2n) is 6.31. The largest absolute Gasteiger partial charge is 0.339 e. The van der Waals surface area contributed by atoms with Crippen LogP contribution in [0, 0.1) is 12.7 Å². The molecule has 0 aromatic heterocycles. The summed E-state index contributed by atoms with van der Waals surface area (Å²) in [6, 6.07) is 13.8. The lowest BCUT2D eigenvalue weighted by molar-refractivity contribution is -0.132. The molecule has 5 heteroatoms. The van der Waals surface area contributed by atoms with Crippen LogP contribution in [-0.4, -0.2) is 47.8 Å². The fourth-order valence-corrected chi connectivity index (χ4v) is 2.95. The zero-order valence-corrected chi connectivity index (χ0v) is 14.2. The summed E-state index contributed by atoms with van der Waals surface area (Å²) >= 11 is 0. The maximum absolute atomic E-state index is 13.7. The molecule has 0 aliphatic carbocycles. The van der Waals surface area contributed by atoms with Gasteiger partial charge >= 0.3 is 0 Å². The van der Waals surface area contributed by atoms with Gasteiger partial charge in [0.15, 0.2) is 0 Å². The van der Waals surface area contributed by atoms with Crippen LogP contribution in [0.25, 0.3) is 0 Å². The first kappa shape index (κ1) is 17.1. The van der Waals surface area contributed by atoms with Crippen LogP contribution in [0.15, 0.2) is 48.5 Å². The van der Waals surface area contributed by atoms with Crippen LogP contribution < -0.4 is 0 Å². The molecule has 3 rings (SSSR count). The van der Waals surface area contributed by atoms with E-state index in [0.29, 0.717) is 37.3 Å². The number of carbonyl (C=O) groups excluding carboxylic acids is 2. The van der Waals surface area contributed by atoms with Gasteiger partial charge in [0.25, 0.3) is 5.91 Å². The van der Waals surface area contributed by atoms with Crippen molar-refractivity contribution in [3.05, 3.63) is 71.0 Å². The summed E-state index contributed by atoms with van der Waals surface area (Å²) in [5, 5.41) is 0. The minimum atomic E-state index is -0.357. The van der Waals surface area contributed by atoms with Crippen LogP contribution in [-0.2, 0) is 11.2 Å². The number of hydrogen-bond acceptors (Lipinski definition) is 2. The van der Waals surface area contributed by atoms with Crippen LogP contribution in [0.1, 0.15) is 21.5 Å². The van der Waals surface area contributed by atoms with Crippen molar-refractivity contribution in [2.24, 2.45) is 0 Å². The van der Waals surface area contributed by atoms with Crippen LogP contribution in [0.5, 0.6) is 0 Å². The molecule has 0 radical (unpaired) electrons. The highest BCUT2D eigenvalue weighted by Gasteiger charge is 2.25. The molecule has 0 atom stereocenters. The Labute approximate surface area is 146 Å². The van der Waals surface area contributed by atoms with E-state index < -0.39 is 0 Å². The highest BCUT2D eigenvalue weighted by atomic mass is 19.1. The number of amides is 2. The Balaban J connectivity index is 1.56. The fourth-order valence-electron chi connectivity index (χ4n) is 2.95. The molecular weight excluding hydrogens is 319 g/mol. The van der Waals surface area contributed by atoms with Crippen molar-refractivity contribution >= 4 is 11.8 Å². The van der Waals surface area contributed by atoms with Gasteiger partial charge in [-0.15, -0.1) is 0 Å². The third-order valence-electron chi connectivity index (χ3n) is 4.52. The first-order valence-electron chi connectivity index (χ1n) is 8.42. The minimum absolute atomic E-state index is 0.0128. The first-order chi connectivity index (χ1) is 12.0. The zero-order chi connectivity index (χ0) is 17.8.